The molecule has 3 N–H and O–H groups in total. The molecule has 2 saturated heterocycles. The van der Waals surface area contributed by atoms with Crippen LogP contribution in [0.2, 0.25) is 0 Å². The summed E-state index contributed by atoms with van der Waals surface area (Å²) in [7, 11) is 1.80. The molecule has 2 aliphatic heterocycles. The van der Waals surface area contributed by atoms with Gasteiger partial charge < -0.3 is 20.7 Å². The van der Waals surface area contributed by atoms with E-state index in [0.717, 1.165) is 42.1 Å². The highest BCUT2D eigenvalue weighted by Crippen LogP contribution is 2.36. The number of hydrogen-bond acceptors (Lipinski definition) is 7. The highest BCUT2D eigenvalue weighted by Gasteiger charge is 2.36. The number of amides is 1. The molecule has 0 spiro atoms. The second-order valence-electron chi connectivity index (χ2n) is 7.65. The van der Waals surface area contributed by atoms with Crippen LogP contribution in [0.15, 0.2) is 24.4 Å². The van der Waals surface area contributed by atoms with E-state index in [-0.39, 0.29) is 33.5 Å². The Morgan fingerprint density at radius 1 is 1.26 bits per heavy atom. The zero-order valence-electron chi connectivity index (χ0n) is 16.6. The van der Waals surface area contributed by atoms with Gasteiger partial charge in [0.1, 0.15) is 27.3 Å². The minimum Gasteiger partial charge on any atom is -0.389 e. The normalized spacial score (nSPS) is 20.3. The standard InChI is InChI=1S/C20H20F2N6O2S/c1-27-20(28-8-10-5-6-11(9-28)30-10)14(7-24-27)25-18(29)16-17(23)31-19(26-16)15-12(21)3-2-4-13(15)22/h2-4,7,10-11H,5-6,8-9,23H2,1H3,(H,25,29). The number of morpholine rings is 1. The number of nitrogens with two attached hydrogens (primary N) is 1. The molecule has 3 aromatic rings. The minimum atomic E-state index is -0.766. The van der Waals surface area contributed by atoms with Gasteiger partial charge in [-0.25, -0.2) is 13.8 Å². The average Bonchev–Trinajstić information content (AvgIpc) is 3.38. The molecule has 162 valence electrons. The SMILES string of the molecule is Cn1ncc(NC(=O)c2nc(-c3c(F)cccc3F)sc2N)c1N1CC2CCC(C1)O2. The molecule has 0 radical (unpaired) electrons. The van der Waals surface area contributed by atoms with Crippen LogP contribution in [-0.2, 0) is 11.8 Å². The van der Waals surface area contributed by atoms with Crippen LogP contribution in [0.5, 0.6) is 0 Å². The molecule has 2 aliphatic rings. The molecule has 1 amide bonds. The largest absolute Gasteiger partial charge is 0.389 e. The van der Waals surface area contributed by atoms with E-state index in [1.54, 1.807) is 17.9 Å². The number of aryl methyl sites for hydroxylation is 1. The third kappa shape index (κ3) is 3.53. The number of thiazole rings is 1. The van der Waals surface area contributed by atoms with Crippen molar-refractivity contribution < 1.29 is 18.3 Å². The number of ether oxygens (including phenoxy) is 1. The number of benzene rings is 1. The van der Waals surface area contributed by atoms with E-state index >= 15 is 0 Å². The number of carbonyl (C=O) groups excluding carboxylic acids is 1. The third-order valence-corrected chi connectivity index (χ3v) is 6.45. The fraction of sp³-hybridized carbons (Fsp3) is 0.350. The van der Waals surface area contributed by atoms with E-state index < -0.39 is 17.5 Å². The summed E-state index contributed by atoms with van der Waals surface area (Å²) in [6.45, 7) is 1.43. The topological polar surface area (TPSA) is 98.3 Å². The number of anilines is 3. The van der Waals surface area contributed by atoms with Crippen molar-refractivity contribution in [2.45, 2.75) is 25.0 Å². The maximum absolute atomic E-state index is 14.1. The highest BCUT2D eigenvalue weighted by molar-refractivity contribution is 7.19. The van der Waals surface area contributed by atoms with Gasteiger partial charge in [-0.1, -0.05) is 17.4 Å². The van der Waals surface area contributed by atoms with Gasteiger partial charge in [-0.2, -0.15) is 5.10 Å². The van der Waals surface area contributed by atoms with Crippen LogP contribution in [0.4, 0.5) is 25.3 Å². The first-order valence-electron chi connectivity index (χ1n) is 9.85. The number of nitrogen functional groups attached to an aromatic ring is 1. The van der Waals surface area contributed by atoms with E-state index in [1.807, 2.05) is 0 Å². The van der Waals surface area contributed by atoms with E-state index in [4.69, 9.17) is 10.5 Å². The molecule has 2 unspecified atom stereocenters. The number of nitrogens with zero attached hydrogens (tertiary/aromatic N) is 4. The Balaban J connectivity index is 1.41. The van der Waals surface area contributed by atoms with Crippen LogP contribution < -0.4 is 16.0 Å². The van der Waals surface area contributed by atoms with Crippen molar-refractivity contribution in [1.29, 1.82) is 0 Å². The second kappa shape index (κ2) is 7.57. The fourth-order valence-corrected chi connectivity index (χ4v) is 5.04. The minimum absolute atomic E-state index is 0.00872. The second-order valence-corrected chi connectivity index (χ2v) is 8.68. The Hall–Kier alpha value is -3.05. The zero-order chi connectivity index (χ0) is 21.7. The summed E-state index contributed by atoms with van der Waals surface area (Å²) in [5.74, 6) is -1.33. The van der Waals surface area contributed by atoms with Crippen LogP contribution in [0.25, 0.3) is 10.6 Å². The lowest BCUT2D eigenvalue weighted by Crippen LogP contribution is -2.43. The fourth-order valence-electron chi connectivity index (χ4n) is 4.17. The lowest BCUT2D eigenvalue weighted by molar-refractivity contribution is 0.0300. The van der Waals surface area contributed by atoms with Crippen LogP contribution in [0, 0.1) is 11.6 Å². The lowest BCUT2D eigenvalue weighted by atomic mass is 10.2. The molecule has 4 heterocycles. The molecule has 2 fully saturated rings. The molecule has 11 heteroatoms. The predicted molar refractivity (Wildman–Crippen MR) is 113 cm³/mol. The van der Waals surface area contributed by atoms with Crippen LogP contribution in [-0.4, -0.2) is 46.0 Å². The number of fused-ring (bicyclic) bond motifs is 2. The van der Waals surface area contributed by atoms with Crippen LogP contribution in [0.3, 0.4) is 0 Å². The van der Waals surface area contributed by atoms with Crippen molar-refractivity contribution in [3.8, 4) is 10.6 Å². The Labute approximate surface area is 180 Å². The van der Waals surface area contributed by atoms with Gasteiger partial charge in [0.25, 0.3) is 5.91 Å². The van der Waals surface area contributed by atoms with Gasteiger partial charge in [0.15, 0.2) is 11.5 Å². The van der Waals surface area contributed by atoms with Gasteiger partial charge >= 0.3 is 0 Å². The monoisotopic (exact) mass is 446 g/mol. The summed E-state index contributed by atoms with van der Waals surface area (Å²) in [6, 6.07) is 3.53. The van der Waals surface area contributed by atoms with Crippen molar-refractivity contribution in [2.24, 2.45) is 7.05 Å². The number of aromatic nitrogens is 3. The average molecular weight is 446 g/mol. The van der Waals surface area contributed by atoms with Gasteiger partial charge in [0.2, 0.25) is 0 Å². The van der Waals surface area contributed by atoms with Crippen LogP contribution >= 0.6 is 11.3 Å². The Morgan fingerprint density at radius 3 is 2.61 bits per heavy atom. The molecule has 2 bridgehead atoms. The molecule has 2 atom stereocenters. The Morgan fingerprint density at radius 2 is 1.94 bits per heavy atom. The molecular weight excluding hydrogens is 426 g/mol. The van der Waals surface area contributed by atoms with Gasteiger partial charge in [0.05, 0.1) is 24.0 Å². The lowest BCUT2D eigenvalue weighted by Gasteiger charge is -2.34. The number of rotatable bonds is 4. The van der Waals surface area contributed by atoms with Crippen molar-refractivity contribution in [3.63, 3.8) is 0 Å². The molecule has 5 rings (SSSR count). The van der Waals surface area contributed by atoms with Gasteiger partial charge in [-0.3, -0.25) is 9.48 Å². The summed E-state index contributed by atoms with van der Waals surface area (Å²) in [5.41, 5.74) is 6.09. The Kier molecular flexibility index (Phi) is 4.86. The Bertz CT molecular complexity index is 1130. The van der Waals surface area contributed by atoms with E-state index in [9.17, 15) is 13.6 Å². The first-order valence-corrected chi connectivity index (χ1v) is 10.7. The van der Waals surface area contributed by atoms with Crippen molar-refractivity contribution in [1.82, 2.24) is 14.8 Å². The quantitative estimate of drug-likeness (QED) is 0.639. The van der Waals surface area contributed by atoms with Crippen LogP contribution in [0.1, 0.15) is 23.3 Å². The molecule has 0 saturated carbocycles. The molecule has 0 aliphatic carbocycles. The van der Waals surface area contributed by atoms with Crippen molar-refractivity contribution in [2.75, 3.05) is 29.0 Å². The highest BCUT2D eigenvalue weighted by atomic mass is 32.1. The van der Waals surface area contributed by atoms with E-state index in [1.165, 1.54) is 6.07 Å². The molecular formula is C20H20F2N6O2S. The van der Waals surface area contributed by atoms with E-state index in [2.05, 4.69) is 20.3 Å². The predicted octanol–water partition coefficient (Wildman–Crippen LogP) is 3.02. The van der Waals surface area contributed by atoms with Gasteiger partial charge in [0, 0.05) is 20.1 Å². The number of nitrogens with one attached hydrogen (secondary N) is 1. The maximum Gasteiger partial charge on any atom is 0.277 e. The summed E-state index contributed by atoms with van der Waals surface area (Å²) >= 11 is 0.859. The zero-order valence-corrected chi connectivity index (χ0v) is 17.5. The van der Waals surface area contributed by atoms with Crippen molar-refractivity contribution in [3.05, 3.63) is 41.7 Å². The van der Waals surface area contributed by atoms with Crippen molar-refractivity contribution >= 4 is 33.8 Å². The number of halogens is 2. The first kappa shape index (κ1) is 19.9. The number of hydrogen-bond donors (Lipinski definition) is 2. The first-order chi connectivity index (χ1) is 14.9. The molecule has 8 nitrogen and oxygen atoms in total. The molecule has 2 aromatic heterocycles. The van der Waals surface area contributed by atoms with Gasteiger partial charge in [-0.05, 0) is 25.0 Å². The third-order valence-electron chi connectivity index (χ3n) is 5.54. The maximum atomic E-state index is 14.1. The summed E-state index contributed by atoms with van der Waals surface area (Å²) in [4.78, 5) is 19.2. The summed E-state index contributed by atoms with van der Waals surface area (Å²) < 4.78 is 35.8. The summed E-state index contributed by atoms with van der Waals surface area (Å²) in [6.07, 6.45) is 3.94. The van der Waals surface area contributed by atoms with Gasteiger partial charge in [-0.15, -0.1) is 0 Å². The number of carbonyl (C=O) groups is 1. The molecule has 31 heavy (non-hydrogen) atoms. The smallest absolute Gasteiger partial charge is 0.277 e. The van der Waals surface area contributed by atoms with E-state index in [0.29, 0.717) is 18.8 Å². The molecule has 1 aromatic carbocycles. The summed E-state index contributed by atoms with van der Waals surface area (Å²) in [5, 5.41) is 7.16.